The third-order valence-electron chi connectivity index (χ3n) is 3.00. The Morgan fingerprint density at radius 1 is 1.30 bits per heavy atom. The Hall–Kier alpha value is -2.02. The van der Waals surface area contributed by atoms with Crippen molar-refractivity contribution in [2.24, 2.45) is 0 Å². The first-order valence-electron chi connectivity index (χ1n) is 7.40. The summed E-state index contributed by atoms with van der Waals surface area (Å²) in [6.45, 7) is 9.31. The molecule has 124 valence electrons. The second-order valence-corrected chi connectivity index (χ2v) is 7.85. The minimum Gasteiger partial charge on any atom is -0.333 e. The SMILES string of the molecule is Cc1ccc2nc(SC(C)C(=O)NC(=O)NC(C)(C)C)[nH]c2c1. The van der Waals surface area contributed by atoms with Crippen LogP contribution in [0.1, 0.15) is 33.3 Å². The number of aryl methyl sites for hydroxylation is 1. The topological polar surface area (TPSA) is 86.9 Å². The fourth-order valence-electron chi connectivity index (χ4n) is 1.96. The van der Waals surface area contributed by atoms with E-state index in [0.717, 1.165) is 16.6 Å². The maximum Gasteiger partial charge on any atom is 0.321 e. The van der Waals surface area contributed by atoms with Crippen LogP contribution in [0.5, 0.6) is 0 Å². The summed E-state index contributed by atoms with van der Waals surface area (Å²) in [6, 6.07) is 5.45. The fraction of sp³-hybridized carbons (Fsp3) is 0.438. The van der Waals surface area contributed by atoms with Crippen LogP contribution in [0.4, 0.5) is 4.79 Å². The lowest BCUT2D eigenvalue weighted by Gasteiger charge is -2.21. The highest BCUT2D eigenvalue weighted by molar-refractivity contribution is 8.00. The van der Waals surface area contributed by atoms with Crippen molar-refractivity contribution in [1.82, 2.24) is 20.6 Å². The van der Waals surface area contributed by atoms with Gasteiger partial charge in [0, 0.05) is 5.54 Å². The van der Waals surface area contributed by atoms with E-state index in [1.807, 2.05) is 45.9 Å². The van der Waals surface area contributed by atoms with Crippen molar-refractivity contribution in [3.63, 3.8) is 0 Å². The molecule has 0 aliphatic heterocycles. The van der Waals surface area contributed by atoms with Crippen molar-refractivity contribution in [2.75, 3.05) is 0 Å². The van der Waals surface area contributed by atoms with Crippen molar-refractivity contribution in [3.8, 4) is 0 Å². The van der Waals surface area contributed by atoms with E-state index in [2.05, 4.69) is 20.6 Å². The van der Waals surface area contributed by atoms with Crippen molar-refractivity contribution < 1.29 is 9.59 Å². The Morgan fingerprint density at radius 2 is 2.00 bits per heavy atom. The minimum atomic E-state index is -0.491. The molecule has 6 nitrogen and oxygen atoms in total. The Bertz CT molecular complexity index is 733. The van der Waals surface area contributed by atoms with Gasteiger partial charge in [0.05, 0.1) is 16.3 Å². The predicted octanol–water partition coefficient (Wildman–Crippen LogP) is 2.98. The smallest absolute Gasteiger partial charge is 0.321 e. The molecule has 2 aromatic rings. The van der Waals surface area contributed by atoms with Gasteiger partial charge < -0.3 is 10.3 Å². The number of nitrogens with one attached hydrogen (secondary N) is 3. The van der Waals surface area contributed by atoms with Gasteiger partial charge in [0.25, 0.3) is 0 Å². The van der Waals surface area contributed by atoms with E-state index < -0.39 is 16.8 Å². The van der Waals surface area contributed by atoms with Crippen LogP contribution in [0.25, 0.3) is 11.0 Å². The summed E-state index contributed by atoms with van der Waals surface area (Å²) in [7, 11) is 0. The van der Waals surface area contributed by atoms with Crippen LogP contribution in [0.3, 0.4) is 0 Å². The Morgan fingerprint density at radius 3 is 2.65 bits per heavy atom. The van der Waals surface area contributed by atoms with Crippen LogP contribution in [-0.2, 0) is 4.79 Å². The van der Waals surface area contributed by atoms with Gasteiger partial charge in [0.2, 0.25) is 5.91 Å². The molecule has 1 unspecified atom stereocenters. The van der Waals surface area contributed by atoms with Crippen LogP contribution < -0.4 is 10.6 Å². The van der Waals surface area contributed by atoms with Gasteiger partial charge in [-0.2, -0.15) is 0 Å². The summed E-state index contributed by atoms with van der Waals surface area (Å²) in [6.07, 6.45) is 0. The number of hydrogen-bond acceptors (Lipinski definition) is 4. The number of amides is 3. The zero-order valence-electron chi connectivity index (χ0n) is 14.0. The number of benzene rings is 1. The van der Waals surface area contributed by atoms with E-state index in [1.54, 1.807) is 6.92 Å². The number of carbonyl (C=O) groups is 2. The molecule has 0 saturated heterocycles. The molecule has 1 atom stereocenters. The van der Waals surface area contributed by atoms with Crippen molar-refractivity contribution in [2.45, 2.75) is 50.6 Å². The average Bonchev–Trinajstić information content (AvgIpc) is 2.77. The van der Waals surface area contributed by atoms with Gasteiger partial charge in [-0.15, -0.1) is 0 Å². The number of imidazole rings is 1. The number of imide groups is 1. The number of urea groups is 1. The third kappa shape index (κ3) is 4.99. The second-order valence-electron chi connectivity index (χ2n) is 6.52. The molecule has 23 heavy (non-hydrogen) atoms. The normalized spacial score (nSPS) is 12.9. The minimum absolute atomic E-state index is 0.353. The van der Waals surface area contributed by atoms with E-state index in [-0.39, 0.29) is 5.91 Å². The lowest BCUT2D eigenvalue weighted by Crippen LogP contribution is -2.49. The first-order valence-corrected chi connectivity index (χ1v) is 8.28. The van der Waals surface area contributed by atoms with Crippen LogP contribution in [0.15, 0.2) is 23.4 Å². The largest absolute Gasteiger partial charge is 0.333 e. The molecule has 0 bridgehead atoms. The zero-order chi connectivity index (χ0) is 17.2. The Kier molecular flexibility index (Phi) is 4.99. The van der Waals surface area contributed by atoms with Crippen LogP contribution in [0, 0.1) is 6.92 Å². The molecule has 7 heteroatoms. The van der Waals surface area contributed by atoms with Crippen molar-refractivity contribution in [1.29, 1.82) is 0 Å². The summed E-state index contributed by atoms with van der Waals surface area (Å²) in [4.78, 5) is 31.4. The van der Waals surface area contributed by atoms with Gasteiger partial charge in [-0.1, -0.05) is 17.8 Å². The molecule has 3 amide bonds. The predicted molar refractivity (Wildman–Crippen MR) is 92.6 cm³/mol. The average molecular weight is 334 g/mol. The summed E-state index contributed by atoms with van der Waals surface area (Å²) in [5, 5.41) is 5.26. The van der Waals surface area contributed by atoms with Crippen LogP contribution in [0.2, 0.25) is 0 Å². The highest BCUT2D eigenvalue weighted by Crippen LogP contribution is 2.24. The van der Waals surface area contributed by atoms with E-state index in [1.165, 1.54) is 11.8 Å². The monoisotopic (exact) mass is 334 g/mol. The molecule has 0 radical (unpaired) electrons. The number of thioether (sulfide) groups is 1. The van der Waals surface area contributed by atoms with E-state index >= 15 is 0 Å². The van der Waals surface area contributed by atoms with Gasteiger partial charge >= 0.3 is 6.03 Å². The number of hydrogen-bond donors (Lipinski definition) is 3. The summed E-state index contributed by atoms with van der Waals surface area (Å²) in [5.41, 5.74) is 2.54. The zero-order valence-corrected chi connectivity index (χ0v) is 14.8. The molecule has 0 aliphatic carbocycles. The van der Waals surface area contributed by atoms with Gasteiger partial charge in [-0.3, -0.25) is 10.1 Å². The lowest BCUT2D eigenvalue weighted by atomic mass is 10.1. The van der Waals surface area contributed by atoms with Crippen molar-refractivity contribution in [3.05, 3.63) is 23.8 Å². The number of aromatic nitrogens is 2. The summed E-state index contributed by atoms with van der Waals surface area (Å²) >= 11 is 1.28. The number of nitrogens with zero attached hydrogens (tertiary/aromatic N) is 1. The molecule has 0 saturated carbocycles. The van der Waals surface area contributed by atoms with Crippen molar-refractivity contribution >= 4 is 34.7 Å². The van der Waals surface area contributed by atoms with Gasteiger partial charge in [-0.25, -0.2) is 9.78 Å². The molecule has 2 rings (SSSR count). The van der Waals surface area contributed by atoms with Gasteiger partial charge in [0.1, 0.15) is 0 Å². The Labute approximate surface area is 139 Å². The fourth-order valence-corrected chi connectivity index (χ4v) is 2.78. The quantitative estimate of drug-likeness (QED) is 0.753. The summed E-state index contributed by atoms with van der Waals surface area (Å²) < 4.78 is 0. The highest BCUT2D eigenvalue weighted by Gasteiger charge is 2.21. The van der Waals surface area contributed by atoms with Crippen LogP contribution in [-0.4, -0.2) is 32.7 Å². The Balaban J connectivity index is 1.98. The number of aromatic amines is 1. The number of fused-ring (bicyclic) bond motifs is 1. The lowest BCUT2D eigenvalue weighted by molar-refractivity contribution is -0.119. The molecule has 0 spiro atoms. The second kappa shape index (κ2) is 6.62. The standard InChI is InChI=1S/C16H22N4O2S/c1-9-6-7-11-12(8-9)18-15(17-11)23-10(2)13(21)19-14(22)20-16(3,4)5/h6-8,10H,1-5H3,(H,17,18)(H2,19,20,21,22). The third-order valence-corrected chi connectivity index (χ3v) is 3.98. The summed E-state index contributed by atoms with van der Waals surface area (Å²) in [5.74, 6) is -0.353. The number of H-pyrrole nitrogens is 1. The molecular weight excluding hydrogens is 312 g/mol. The number of carbonyl (C=O) groups excluding carboxylic acids is 2. The van der Waals surface area contributed by atoms with Crippen LogP contribution >= 0.6 is 11.8 Å². The number of rotatable bonds is 3. The molecule has 0 aliphatic rings. The first-order chi connectivity index (χ1) is 10.6. The highest BCUT2D eigenvalue weighted by atomic mass is 32.2. The van der Waals surface area contributed by atoms with Gasteiger partial charge in [-0.05, 0) is 52.3 Å². The van der Waals surface area contributed by atoms with E-state index in [9.17, 15) is 9.59 Å². The van der Waals surface area contributed by atoms with E-state index in [0.29, 0.717) is 5.16 Å². The molecule has 1 aromatic carbocycles. The molecular formula is C16H22N4O2S. The van der Waals surface area contributed by atoms with Gasteiger partial charge in [0.15, 0.2) is 5.16 Å². The van der Waals surface area contributed by atoms with E-state index in [4.69, 9.17) is 0 Å². The molecule has 1 aromatic heterocycles. The molecule has 0 fully saturated rings. The molecule has 1 heterocycles. The maximum absolute atomic E-state index is 12.1. The maximum atomic E-state index is 12.1. The first kappa shape index (κ1) is 17.3. The molecule has 3 N–H and O–H groups in total.